The number of nitrogens with zero attached hydrogens (tertiary/aromatic N) is 3. The van der Waals surface area contributed by atoms with E-state index in [0.717, 1.165) is 56.5 Å². The van der Waals surface area contributed by atoms with Crippen LogP contribution >= 0.6 is 0 Å². The van der Waals surface area contributed by atoms with E-state index in [9.17, 15) is 10.1 Å². The molecule has 0 aliphatic carbocycles. The standard InChI is InChI=1S/C20H30N4O4/c1-4-5-6-7-10-28-20-17(24(25)26)11-14(12-18(20)27-3)19-15-13-23(2)9-8-16(15)21-22-19/h11-12,15,19,22H,4-10,13H2,1-3H3. The van der Waals surface area contributed by atoms with Gasteiger partial charge >= 0.3 is 5.69 Å². The summed E-state index contributed by atoms with van der Waals surface area (Å²) in [6.45, 7) is 4.45. The highest BCUT2D eigenvalue weighted by Gasteiger charge is 2.37. The van der Waals surface area contributed by atoms with Gasteiger partial charge in [-0.1, -0.05) is 26.2 Å². The van der Waals surface area contributed by atoms with Crippen LogP contribution < -0.4 is 14.9 Å². The predicted octanol–water partition coefficient (Wildman–Crippen LogP) is 3.51. The largest absolute Gasteiger partial charge is 0.493 e. The van der Waals surface area contributed by atoms with Crippen molar-refractivity contribution in [1.29, 1.82) is 0 Å². The Morgan fingerprint density at radius 3 is 2.89 bits per heavy atom. The predicted molar refractivity (Wildman–Crippen MR) is 108 cm³/mol. The van der Waals surface area contributed by atoms with Crippen LogP contribution in [0.1, 0.15) is 50.6 Å². The zero-order valence-electron chi connectivity index (χ0n) is 16.9. The van der Waals surface area contributed by atoms with Crippen LogP contribution in [0.25, 0.3) is 0 Å². The molecule has 2 aliphatic rings. The quantitative estimate of drug-likeness (QED) is 0.394. The number of hydrogen-bond acceptors (Lipinski definition) is 7. The van der Waals surface area contributed by atoms with Crippen molar-refractivity contribution in [3.05, 3.63) is 27.8 Å². The fourth-order valence-corrected chi connectivity index (χ4v) is 3.93. The molecule has 8 nitrogen and oxygen atoms in total. The second-order valence-electron chi connectivity index (χ2n) is 7.57. The van der Waals surface area contributed by atoms with Crippen molar-refractivity contribution >= 4 is 11.4 Å². The molecule has 1 fully saturated rings. The summed E-state index contributed by atoms with van der Waals surface area (Å²) in [6.07, 6.45) is 5.10. The van der Waals surface area contributed by atoms with Gasteiger partial charge in [-0.2, -0.15) is 5.10 Å². The monoisotopic (exact) mass is 390 g/mol. The van der Waals surface area contributed by atoms with Crippen molar-refractivity contribution in [2.45, 2.75) is 45.1 Å². The van der Waals surface area contributed by atoms with Gasteiger partial charge in [-0.05, 0) is 25.1 Å². The molecule has 2 atom stereocenters. The number of unbranched alkanes of at least 4 members (excludes halogenated alkanes) is 3. The molecular formula is C20H30N4O4. The molecule has 1 saturated heterocycles. The van der Waals surface area contributed by atoms with Crippen LogP contribution in [0.2, 0.25) is 0 Å². The summed E-state index contributed by atoms with van der Waals surface area (Å²) < 4.78 is 11.3. The van der Waals surface area contributed by atoms with Gasteiger partial charge in [0.15, 0.2) is 5.75 Å². The highest BCUT2D eigenvalue weighted by molar-refractivity contribution is 5.90. The molecule has 1 N–H and O–H groups in total. The minimum Gasteiger partial charge on any atom is -0.493 e. The minimum absolute atomic E-state index is 0.0516. The van der Waals surface area contributed by atoms with Gasteiger partial charge < -0.3 is 19.8 Å². The third-order valence-electron chi connectivity index (χ3n) is 5.51. The first-order valence-corrected chi connectivity index (χ1v) is 10.0. The third-order valence-corrected chi connectivity index (χ3v) is 5.51. The van der Waals surface area contributed by atoms with Crippen molar-refractivity contribution < 1.29 is 14.4 Å². The Morgan fingerprint density at radius 2 is 2.18 bits per heavy atom. The number of nitrogens with one attached hydrogen (secondary N) is 1. The van der Waals surface area contributed by atoms with Gasteiger partial charge in [0.05, 0.1) is 24.7 Å². The van der Waals surface area contributed by atoms with Crippen LogP contribution in [0.15, 0.2) is 17.2 Å². The molecule has 0 aromatic heterocycles. The van der Waals surface area contributed by atoms with E-state index in [2.05, 4.69) is 29.4 Å². The maximum absolute atomic E-state index is 11.7. The number of nitro benzene ring substituents is 1. The fourth-order valence-electron chi connectivity index (χ4n) is 3.93. The van der Waals surface area contributed by atoms with E-state index in [1.807, 2.05) is 6.07 Å². The van der Waals surface area contributed by atoms with E-state index in [0.29, 0.717) is 12.4 Å². The number of benzene rings is 1. The van der Waals surface area contributed by atoms with Gasteiger partial charge in [0.1, 0.15) is 0 Å². The van der Waals surface area contributed by atoms with Crippen LogP contribution in [0.5, 0.6) is 11.5 Å². The van der Waals surface area contributed by atoms with Crippen LogP contribution in [-0.2, 0) is 0 Å². The molecule has 0 radical (unpaired) electrons. The minimum atomic E-state index is -0.392. The van der Waals surface area contributed by atoms with Gasteiger partial charge in [-0.15, -0.1) is 0 Å². The van der Waals surface area contributed by atoms with Crippen LogP contribution in [0, 0.1) is 16.0 Å². The summed E-state index contributed by atoms with van der Waals surface area (Å²) in [5.74, 6) is 0.829. The van der Waals surface area contributed by atoms with E-state index in [1.165, 1.54) is 7.11 Å². The lowest BCUT2D eigenvalue weighted by molar-refractivity contribution is -0.386. The number of methoxy groups -OCH3 is 1. The summed E-state index contributed by atoms with van der Waals surface area (Å²) >= 11 is 0. The smallest absolute Gasteiger partial charge is 0.315 e. The zero-order valence-corrected chi connectivity index (χ0v) is 16.9. The van der Waals surface area contributed by atoms with E-state index < -0.39 is 4.92 Å². The number of hydrazone groups is 1. The zero-order chi connectivity index (χ0) is 20.1. The number of fused-ring (bicyclic) bond motifs is 1. The SMILES string of the molecule is CCCCCCOc1c(OC)cc(C2NN=C3CCN(C)CC32)cc1[N+](=O)[O-]. The number of nitro groups is 1. The summed E-state index contributed by atoms with van der Waals surface area (Å²) in [7, 11) is 3.61. The first-order valence-electron chi connectivity index (χ1n) is 10.0. The number of rotatable bonds is 9. The number of hydrogen-bond donors (Lipinski definition) is 1. The molecule has 0 amide bonds. The van der Waals surface area contributed by atoms with Gasteiger partial charge in [-0.25, -0.2) is 0 Å². The molecule has 3 rings (SSSR count). The number of likely N-dealkylation sites (tertiary alicyclic amines) is 1. The Morgan fingerprint density at radius 1 is 1.36 bits per heavy atom. The molecule has 1 aromatic rings. The maximum atomic E-state index is 11.7. The molecule has 2 heterocycles. The lowest BCUT2D eigenvalue weighted by atomic mass is 9.86. The Hall–Kier alpha value is -2.35. The fraction of sp³-hybridized carbons (Fsp3) is 0.650. The summed E-state index contributed by atoms with van der Waals surface area (Å²) in [6, 6.07) is 3.36. The van der Waals surface area contributed by atoms with E-state index >= 15 is 0 Å². The summed E-state index contributed by atoms with van der Waals surface area (Å²) in [5, 5.41) is 16.2. The Balaban J connectivity index is 1.83. The Labute approximate surface area is 166 Å². The van der Waals surface area contributed by atoms with E-state index in [-0.39, 0.29) is 23.4 Å². The maximum Gasteiger partial charge on any atom is 0.315 e. The molecule has 154 valence electrons. The highest BCUT2D eigenvalue weighted by atomic mass is 16.6. The molecule has 8 heteroatoms. The molecule has 0 saturated carbocycles. The van der Waals surface area contributed by atoms with Gasteiger partial charge in [-0.3, -0.25) is 10.1 Å². The summed E-state index contributed by atoms with van der Waals surface area (Å²) in [4.78, 5) is 13.6. The number of piperidine rings is 1. The molecule has 2 aliphatic heterocycles. The first-order chi connectivity index (χ1) is 13.5. The van der Waals surface area contributed by atoms with Crippen LogP contribution in [0.3, 0.4) is 0 Å². The van der Waals surface area contributed by atoms with Crippen molar-refractivity contribution in [2.24, 2.45) is 11.0 Å². The lowest BCUT2D eigenvalue weighted by Gasteiger charge is -2.31. The van der Waals surface area contributed by atoms with Crippen LogP contribution in [-0.4, -0.2) is 49.4 Å². The van der Waals surface area contributed by atoms with Crippen LogP contribution in [0.4, 0.5) is 5.69 Å². The topological polar surface area (TPSA) is 89.2 Å². The second kappa shape index (κ2) is 9.23. The van der Waals surface area contributed by atoms with E-state index in [4.69, 9.17) is 9.47 Å². The van der Waals surface area contributed by atoms with Gasteiger partial charge in [0.2, 0.25) is 5.75 Å². The first kappa shape index (κ1) is 20.4. The molecule has 1 aromatic carbocycles. The van der Waals surface area contributed by atoms with E-state index in [1.54, 1.807) is 6.07 Å². The lowest BCUT2D eigenvalue weighted by Crippen LogP contribution is -2.39. The molecule has 2 unspecified atom stereocenters. The normalized spacial score (nSPS) is 21.6. The third kappa shape index (κ3) is 4.38. The summed E-state index contributed by atoms with van der Waals surface area (Å²) in [5.41, 5.74) is 5.08. The van der Waals surface area contributed by atoms with Crippen molar-refractivity contribution in [3.8, 4) is 11.5 Å². The molecule has 0 spiro atoms. The highest BCUT2D eigenvalue weighted by Crippen LogP contribution is 2.42. The molecule has 0 bridgehead atoms. The average Bonchev–Trinajstić information content (AvgIpc) is 3.10. The van der Waals surface area contributed by atoms with Gasteiger partial charge in [0, 0.05) is 37.2 Å². The Bertz CT molecular complexity index is 737. The number of ether oxygens (including phenoxy) is 2. The second-order valence-corrected chi connectivity index (χ2v) is 7.57. The molecule has 28 heavy (non-hydrogen) atoms. The van der Waals surface area contributed by atoms with Crippen molar-refractivity contribution in [1.82, 2.24) is 10.3 Å². The molecular weight excluding hydrogens is 360 g/mol. The Kier molecular flexibility index (Phi) is 6.72. The van der Waals surface area contributed by atoms with Crippen molar-refractivity contribution in [3.63, 3.8) is 0 Å². The van der Waals surface area contributed by atoms with Crippen molar-refractivity contribution in [2.75, 3.05) is 33.9 Å². The van der Waals surface area contributed by atoms with Gasteiger partial charge in [0.25, 0.3) is 0 Å². The average molecular weight is 390 g/mol.